The van der Waals surface area contributed by atoms with E-state index in [1.807, 2.05) is 0 Å². The average molecular weight is 358 g/mol. The number of ether oxygens (including phenoxy) is 1. The summed E-state index contributed by atoms with van der Waals surface area (Å²) in [4.78, 5) is 24.9. The zero-order valence-electron chi connectivity index (χ0n) is 13.5. The van der Waals surface area contributed by atoms with Crippen molar-refractivity contribution in [3.8, 4) is 5.75 Å². The van der Waals surface area contributed by atoms with Crippen molar-refractivity contribution < 1.29 is 23.8 Å². The Hall–Kier alpha value is -1.82. The van der Waals surface area contributed by atoms with E-state index in [-0.39, 0.29) is 29.0 Å². The Morgan fingerprint density at radius 1 is 1.50 bits per heavy atom. The predicted molar refractivity (Wildman–Crippen MR) is 87.7 cm³/mol. The number of carbonyl (C=O) groups excluding carboxylic acids is 1. The molecule has 1 aromatic carbocycles. The number of aliphatic carboxylic acids is 1. The van der Waals surface area contributed by atoms with Crippen LogP contribution in [0.2, 0.25) is 5.02 Å². The number of halogens is 2. The summed E-state index contributed by atoms with van der Waals surface area (Å²) in [6.45, 7) is 2.80. The number of carboxylic acids is 1. The van der Waals surface area contributed by atoms with Crippen molar-refractivity contribution >= 4 is 23.5 Å². The molecule has 0 spiro atoms. The second-order valence-electron chi connectivity index (χ2n) is 6.06. The van der Waals surface area contributed by atoms with Crippen LogP contribution in [0.4, 0.5) is 4.39 Å². The fraction of sp³-hybridized carbons (Fsp3) is 0.529. The van der Waals surface area contributed by atoms with Crippen LogP contribution in [0.25, 0.3) is 0 Å². The summed E-state index contributed by atoms with van der Waals surface area (Å²) in [6, 6.07) is 3.76. The van der Waals surface area contributed by atoms with Crippen molar-refractivity contribution in [1.82, 2.24) is 4.90 Å². The van der Waals surface area contributed by atoms with Crippen LogP contribution in [-0.2, 0) is 9.59 Å². The van der Waals surface area contributed by atoms with Crippen molar-refractivity contribution in [2.24, 2.45) is 5.92 Å². The first kappa shape index (κ1) is 18.5. The molecule has 1 fully saturated rings. The topological polar surface area (TPSA) is 66.8 Å². The van der Waals surface area contributed by atoms with Gasteiger partial charge in [0.25, 0.3) is 5.91 Å². The number of carboxylic acid groups (broad SMARTS) is 1. The molecule has 0 unspecified atom stereocenters. The van der Waals surface area contributed by atoms with Crippen molar-refractivity contribution in [3.05, 3.63) is 29.0 Å². The van der Waals surface area contributed by atoms with Gasteiger partial charge in [0.05, 0.1) is 5.02 Å². The Kier molecular flexibility index (Phi) is 6.43. The Morgan fingerprint density at radius 3 is 2.92 bits per heavy atom. The Balaban J connectivity index is 1.93. The van der Waals surface area contributed by atoms with Gasteiger partial charge in [-0.2, -0.15) is 0 Å². The van der Waals surface area contributed by atoms with Crippen molar-refractivity contribution in [2.45, 2.75) is 38.7 Å². The lowest BCUT2D eigenvalue weighted by atomic mass is 9.93. The van der Waals surface area contributed by atoms with Crippen LogP contribution < -0.4 is 4.74 Å². The molecule has 7 heteroatoms. The molecule has 1 saturated heterocycles. The molecule has 0 aliphatic carbocycles. The van der Waals surface area contributed by atoms with E-state index in [1.54, 1.807) is 11.8 Å². The summed E-state index contributed by atoms with van der Waals surface area (Å²) in [5, 5.41) is 8.90. The second kappa shape index (κ2) is 8.33. The molecule has 1 aliphatic rings. The summed E-state index contributed by atoms with van der Waals surface area (Å²) in [7, 11) is 0. The standard InChI is InChI=1S/C17H21ClFNO4/c1-11(24-15-6-5-13(19)9-14(15)18)17(23)20-8-2-3-12(10-20)4-7-16(21)22/h5-6,9,11-12H,2-4,7-8,10H2,1H3,(H,21,22)/t11-,12-/m0/s1. The third kappa shape index (κ3) is 5.09. The lowest BCUT2D eigenvalue weighted by Gasteiger charge is -2.34. The maximum absolute atomic E-state index is 13.0. The molecular formula is C17H21ClFNO4. The normalized spacial score (nSPS) is 19.0. The van der Waals surface area contributed by atoms with E-state index in [9.17, 15) is 14.0 Å². The van der Waals surface area contributed by atoms with E-state index in [0.29, 0.717) is 19.5 Å². The lowest BCUT2D eigenvalue weighted by molar-refractivity contribution is -0.140. The van der Waals surface area contributed by atoms with Gasteiger partial charge in [0, 0.05) is 19.5 Å². The van der Waals surface area contributed by atoms with E-state index >= 15 is 0 Å². The molecule has 132 valence electrons. The van der Waals surface area contributed by atoms with Gasteiger partial charge in [0.15, 0.2) is 6.10 Å². The van der Waals surface area contributed by atoms with Gasteiger partial charge in [-0.15, -0.1) is 0 Å². The zero-order chi connectivity index (χ0) is 17.7. The summed E-state index contributed by atoms with van der Waals surface area (Å²) >= 11 is 5.91. The van der Waals surface area contributed by atoms with Crippen LogP contribution in [-0.4, -0.2) is 41.1 Å². The van der Waals surface area contributed by atoms with Gasteiger partial charge in [0.1, 0.15) is 11.6 Å². The molecule has 24 heavy (non-hydrogen) atoms. The van der Waals surface area contributed by atoms with Gasteiger partial charge in [0.2, 0.25) is 0 Å². The molecule has 0 aromatic heterocycles. The van der Waals surface area contributed by atoms with E-state index in [2.05, 4.69) is 0 Å². The Bertz CT molecular complexity index is 610. The van der Waals surface area contributed by atoms with Gasteiger partial charge in [-0.25, -0.2) is 4.39 Å². The minimum absolute atomic E-state index is 0.115. The number of likely N-dealkylation sites (tertiary alicyclic amines) is 1. The first-order chi connectivity index (χ1) is 11.4. The number of benzene rings is 1. The third-order valence-corrected chi connectivity index (χ3v) is 4.44. The van der Waals surface area contributed by atoms with Gasteiger partial charge >= 0.3 is 5.97 Å². The van der Waals surface area contributed by atoms with E-state index in [4.69, 9.17) is 21.4 Å². The maximum atomic E-state index is 13.0. The lowest BCUT2D eigenvalue weighted by Crippen LogP contribution is -2.45. The smallest absolute Gasteiger partial charge is 0.303 e. The van der Waals surface area contributed by atoms with Crippen molar-refractivity contribution in [2.75, 3.05) is 13.1 Å². The number of hydrogen-bond donors (Lipinski definition) is 1. The molecule has 1 heterocycles. The summed E-state index contributed by atoms with van der Waals surface area (Å²) in [6.07, 6.45) is 1.71. The number of hydrogen-bond acceptors (Lipinski definition) is 3. The molecule has 0 bridgehead atoms. The van der Waals surface area contributed by atoms with Crippen LogP contribution in [0.15, 0.2) is 18.2 Å². The van der Waals surface area contributed by atoms with Gasteiger partial charge in [-0.3, -0.25) is 9.59 Å². The van der Waals surface area contributed by atoms with E-state index < -0.39 is 17.9 Å². The second-order valence-corrected chi connectivity index (χ2v) is 6.47. The molecule has 1 aromatic rings. The average Bonchev–Trinajstić information content (AvgIpc) is 2.55. The summed E-state index contributed by atoms with van der Waals surface area (Å²) < 4.78 is 18.6. The first-order valence-electron chi connectivity index (χ1n) is 7.99. The van der Waals surface area contributed by atoms with Crippen LogP contribution in [0, 0.1) is 11.7 Å². The van der Waals surface area contributed by atoms with E-state index in [0.717, 1.165) is 18.9 Å². The van der Waals surface area contributed by atoms with E-state index in [1.165, 1.54) is 12.1 Å². The van der Waals surface area contributed by atoms with Gasteiger partial charge in [-0.1, -0.05) is 11.6 Å². The quantitative estimate of drug-likeness (QED) is 0.847. The third-order valence-electron chi connectivity index (χ3n) is 4.14. The maximum Gasteiger partial charge on any atom is 0.303 e. The highest BCUT2D eigenvalue weighted by molar-refractivity contribution is 6.32. The highest BCUT2D eigenvalue weighted by atomic mass is 35.5. The van der Waals surface area contributed by atoms with Crippen LogP contribution in [0.1, 0.15) is 32.6 Å². The zero-order valence-corrected chi connectivity index (χ0v) is 14.3. The van der Waals surface area contributed by atoms with Crippen LogP contribution >= 0.6 is 11.6 Å². The molecular weight excluding hydrogens is 337 g/mol. The molecule has 1 N–H and O–H groups in total. The molecule has 2 rings (SSSR count). The minimum atomic E-state index is -0.818. The highest BCUT2D eigenvalue weighted by Gasteiger charge is 2.28. The molecule has 1 amide bonds. The van der Waals surface area contributed by atoms with Gasteiger partial charge in [-0.05, 0) is 50.3 Å². The van der Waals surface area contributed by atoms with Crippen LogP contribution in [0.5, 0.6) is 5.75 Å². The summed E-state index contributed by atoms with van der Waals surface area (Å²) in [5.41, 5.74) is 0. The number of nitrogens with zero attached hydrogens (tertiary/aromatic N) is 1. The predicted octanol–water partition coefficient (Wildman–Crippen LogP) is 3.35. The fourth-order valence-electron chi connectivity index (χ4n) is 2.90. The number of amides is 1. The number of carbonyl (C=O) groups is 2. The number of rotatable bonds is 6. The molecule has 0 radical (unpaired) electrons. The first-order valence-corrected chi connectivity index (χ1v) is 8.37. The van der Waals surface area contributed by atoms with Crippen molar-refractivity contribution in [3.63, 3.8) is 0 Å². The SMILES string of the molecule is C[C@H](Oc1ccc(F)cc1Cl)C(=O)N1CCC[C@@H](CCC(=O)O)C1. The Morgan fingerprint density at radius 2 is 2.25 bits per heavy atom. The summed E-state index contributed by atoms with van der Waals surface area (Å²) in [5.74, 6) is -1.00. The Labute approximate surface area is 145 Å². The minimum Gasteiger partial charge on any atom is -0.481 e. The molecule has 1 aliphatic heterocycles. The van der Waals surface area contributed by atoms with Crippen molar-refractivity contribution in [1.29, 1.82) is 0 Å². The number of piperidine rings is 1. The van der Waals surface area contributed by atoms with Gasteiger partial charge < -0.3 is 14.7 Å². The highest BCUT2D eigenvalue weighted by Crippen LogP contribution is 2.27. The largest absolute Gasteiger partial charge is 0.481 e. The molecule has 0 saturated carbocycles. The fourth-order valence-corrected chi connectivity index (χ4v) is 3.11. The molecule has 5 nitrogen and oxygen atoms in total. The monoisotopic (exact) mass is 357 g/mol. The van der Waals surface area contributed by atoms with Crippen LogP contribution in [0.3, 0.4) is 0 Å². The molecule has 2 atom stereocenters.